The second kappa shape index (κ2) is 5.49. The lowest BCUT2D eigenvalue weighted by molar-refractivity contribution is 0.815. The van der Waals surface area contributed by atoms with Crippen LogP contribution in [-0.2, 0) is 0 Å². The molecule has 2 rings (SSSR count). The second-order valence-corrected chi connectivity index (χ2v) is 5.51. The monoisotopic (exact) mass is 271 g/mol. The third-order valence-electron chi connectivity index (χ3n) is 3.38. The van der Waals surface area contributed by atoms with Gasteiger partial charge in [0.25, 0.3) is 5.56 Å². The number of anilines is 1. The molecule has 1 aromatic carbocycles. The molecule has 0 aliphatic heterocycles. The van der Waals surface area contributed by atoms with E-state index >= 15 is 0 Å². The van der Waals surface area contributed by atoms with Gasteiger partial charge in [0.1, 0.15) is 5.82 Å². The highest BCUT2D eigenvalue weighted by Gasteiger charge is 2.12. The summed E-state index contributed by atoms with van der Waals surface area (Å²) in [4.78, 5) is 21.6. The minimum Gasteiger partial charge on any atom is -0.378 e. The molecule has 0 bridgehead atoms. The van der Waals surface area contributed by atoms with Crippen molar-refractivity contribution in [3.63, 3.8) is 0 Å². The maximum absolute atomic E-state index is 12.1. The summed E-state index contributed by atoms with van der Waals surface area (Å²) >= 11 is 0. The van der Waals surface area contributed by atoms with Crippen LogP contribution in [0.4, 0.5) is 5.69 Å². The lowest BCUT2D eigenvalue weighted by Gasteiger charge is -2.13. The van der Waals surface area contributed by atoms with Crippen LogP contribution in [0.1, 0.15) is 31.0 Å². The number of hydrogen-bond acceptors (Lipinski definition) is 3. The first-order valence-electron chi connectivity index (χ1n) is 6.78. The molecule has 0 fully saturated rings. The predicted octanol–water partition coefficient (Wildman–Crippen LogP) is 2.93. The van der Waals surface area contributed by atoms with Crippen LogP contribution in [-0.4, -0.2) is 24.1 Å². The topological polar surface area (TPSA) is 49.0 Å². The van der Waals surface area contributed by atoms with Crippen molar-refractivity contribution in [3.8, 4) is 11.4 Å². The van der Waals surface area contributed by atoms with Crippen molar-refractivity contribution in [2.24, 2.45) is 0 Å². The van der Waals surface area contributed by atoms with Gasteiger partial charge < -0.3 is 9.88 Å². The Morgan fingerprint density at radius 1 is 1.15 bits per heavy atom. The molecule has 4 heteroatoms. The van der Waals surface area contributed by atoms with Gasteiger partial charge in [-0.15, -0.1) is 0 Å². The van der Waals surface area contributed by atoms with Gasteiger partial charge in [0.05, 0.1) is 0 Å². The molecule has 20 heavy (non-hydrogen) atoms. The van der Waals surface area contributed by atoms with Gasteiger partial charge >= 0.3 is 0 Å². The number of H-pyrrole nitrogens is 1. The zero-order valence-corrected chi connectivity index (χ0v) is 12.7. The number of benzene rings is 1. The number of nitrogens with zero attached hydrogens (tertiary/aromatic N) is 2. The van der Waals surface area contributed by atoms with Gasteiger partial charge in [-0.25, -0.2) is 4.98 Å². The molecule has 106 valence electrons. The Hall–Kier alpha value is -2.10. The van der Waals surface area contributed by atoms with Crippen LogP contribution in [0.5, 0.6) is 0 Å². The van der Waals surface area contributed by atoms with Crippen molar-refractivity contribution < 1.29 is 0 Å². The summed E-state index contributed by atoms with van der Waals surface area (Å²) in [7, 11) is 3.99. The zero-order chi connectivity index (χ0) is 14.9. The van der Waals surface area contributed by atoms with Gasteiger partial charge in [0.2, 0.25) is 0 Å². The van der Waals surface area contributed by atoms with Crippen molar-refractivity contribution in [2.45, 2.75) is 26.7 Å². The fourth-order valence-electron chi connectivity index (χ4n) is 2.33. The van der Waals surface area contributed by atoms with Crippen LogP contribution in [0.25, 0.3) is 11.4 Å². The number of aromatic nitrogens is 2. The Labute approximate surface area is 119 Å². The molecule has 0 amide bonds. The van der Waals surface area contributed by atoms with Crippen molar-refractivity contribution in [3.05, 3.63) is 45.9 Å². The van der Waals surface area contributed by atoms with Gasteiger partial charge in [-0.2, -0.15) is 0 Å². The van der Waals surface area contributed by atoms with E-state index in [0.717, 1.165) is 22.5 Å². The van der Waals surface area contributed by atoms with E-state index in [1.165, 1.54) is 0 Å². The van der Waals surface area contributed by atoms with E-state index in [4.69, 9.17) is 0 Å². The molecular weight excluding hydrogens is 250 g/mol. The molecule has 0 saturated carbocycles. The van der Waals surface area contributed by atoms with E-state index in [9.17, 15) is 4.79 Å². The van der Waals surface area contributed by atoms with Gasteiger partial charge in [0.15, 0.2) is 0 Å². The maximum atomic E-state index is 12.1. The number of rotatable bonds is 3. The molecule has 2 aromatic rings. The zero-order valence-electron chi connectivity index (χ0n) is 12.7. The van der Waals surface area contributed by atoms with Crippen LogP contribution < -0.4 is 10.5 Å². The van der Waals surface area contributed by atoms with Crippen LogP contribution in [0.2, 0.25) is 0 Å². The number of aromatic amines is 1. The Morgan fingerprint density at radius 2 is 1.75 bits per heavy atom. The van der Waals surface area contributed by atoms with E-state index in [2.05, 4.69) is 9.97 Å². The van der Waals surface area contributed by atoms with E-state index in [1.807, 2.05) is 64.0 Å². The summed E-state index contributed by atoms with van der Waals surface area (Å²) in [5, 5.41) is 0. The Balaban J connectivity index is 2.46. The first kappa shape index (κ1) is 14.3. The molecule has 4 nitrogen and oxygen atoms in total. The molecule has 1 N–H and O–H groups in total. The largest absolute Gasteiger partial charge is 0.378 e. The lowest BCUT2D eigenvalue weighted by atomic mass is 10.0. The molecule has 1 aromatic heterocycles. The van der Waals surface area contributed by atoms with Crippen LogP contribution in [0, 0.1) is 6.92 Å². The highest BCUT2D eigenvalue weighted by Crippen LogP contribution is 2.20. The summed E-state index contributed by atoms with van der Waals surface area (Å²) in [6, 6.07) is 7.98. The van der Waals surface area contributed by atoms with Crippen molar-refractivity contribution >= 4 is 5.69 Å². The number of aryl methyl sites for hydroxylation is 1. The quantitative estimate of drug-likeness (QED) is 0.933. The van der Waals surface area contributed by atoms with E-state index in [-0.39, 0.29) is 11.5 Å². The summed E-state index contributed by atoms with van der Waals surface area (Å²) in [5.41, 5.74) is 3.56. The highest BCUT2D eigenvalue weighted by molar-refractivity contribution is 5.60. The maximum Gasteiger partial charge on any atom is 0.254 e. The Morgan fingerprint density at radius 3 is 2.20 bits per heavy atom. The fraction of sp³-hybridized carbons (Fsp3) is 0.375. The molecular formula is C16H21N3O. The molecule has 0 radical (unpaired) electrons. The van der Waals surface area contributed by atoms with Gasteiger partial charge in [0, 0.05) is 36.6 Å². The minimum atomic E-state index is -0.0424. The highest BCUT2D eigenvalue weighted by atomic mass is 16.1. The van der Waals surface area contributed by atoms with Crippen LogP contribution >= 0.6 is 0 Å². The number of hydrogen-bond donors (Lipinski definition) is 1. The van der Waals surface area contributed by atoms with Crippen molar-refractivity contribution in [2.75, 3.05) is 19.0 Å². The van der Waals surface area contributed by atoms with Crippen LogP contribution in [0.3, 0.4) is 0 Å². The molecule has 1 heterocycles. The summed E-state index contributed by atoms with van der Waals surface area (Å²) in [6.45, 7) is 5.90. The Kier molecular flexibility index (Phi) is 3.93. The van der Waals surface area contributed by atoms with Crippen LogP contribution in [0.15, 0.2) is 29.1 Å². The molecule has 0 unspecified atom stereocenters. The summed E-state index contributed by atoms with van der Waals surface area (Å²) in [5.74, 6) is 0.804. The molecule has 0 aliphatic carbocycles. The van der Waals surface area contributed by atoms with E-state index in [1.54, 1.807) is 0 Å². The number of nitrogens with one attached hydrogen (secondary N) is 1. The third kappa shape index (κ3) is 2.74. The molecule has 0 atom stereocenters. The predicted molar refractivity (Wildman–Crippen MR) is 83.4 cm³/mol. The second-order valence-electron chi connectivity index (χ2n) is 5.51. The normalized spacial score (nSPS) is 10.9. The third-order valence-corrected chi connectivity index (χ3v) is 3.38. The SMILES string of the molecule is Cc1nc(-c2ccc(N(C)C)cc2)[nH]c(=O)c1C(C)C. The first-order valence-corrected chi connectivity index (χ1v) is 6.78. The fourth-order valence-corrected chi connectivity index (χ4v) is 2.33. The average Bonchev–Trinajstić information content (AvgIpc) is 2.37. The van der Waals surface area contributed by atoms with E-state index < -0.39 is 0 Å². The van der Waals surface area contributed by atoms with Gasteiger partial charge in [-0.05, 0) is 37.1 Å². The summed E-state index contributed by atoms with van der Waals surface area (Å²) < 4.78 is 0. The molecule has 0 saturated heterocycles. The summed E-state index contributed by atoms with van der Waals surface area (Å²) in [6.07, 6.45) is 0. The lowest BCUT2D eigenvalue weighted by Crippen LogP contribution is -2.18. The molecule has 0 spiro atoms. The molecule has 0 aliphatic rings. The van der Waals surface area contributed by atoms with E-state index in [0.29, 0.717) is 5.82 Å². The van der Waals surface area contributed by atoms with Gasteiger partial charge in [-0.1, -0.05) is 13.8 Å². The Bertz CT molecular complexity index is 654. The van der Waals surface area contributed by atoms with Crippen molar-refractivity contribution in [1.82, 2.24) is 9.97 Å². The first-order chi connectivity index (χ1) is 9.40. The smallest absolute Gasteiger partial charge is 0.254 e. The standard InChI is InChI=1S/C16H21N3O/c1-10(2)14-11(3)17-15(18-16(14)20)12-6-8-13(9-7-12)19(4)5/h6-10H,1-5H3,(H,17,18,20). The average molecular weight is 271 g/mol. The van der Waals surface area contributed by atoms with Gasteiger partial charge in [-0.3, -0.25) is 4.79 Å². The van der Waals surface area contributed by atoms with Crippen molar-refractivity contribution in [1.29, 1.82) is 0 Å². The minimum absolute atomic E-state index is 0.0424.